The number of carboxylic acids is 1. The highest BCUT2D eigenvalue weighted by atomic mass is 16.4. The molecule has 3 N–H and O–H groups in total. The van der Waals surface area contributed by atoms with Crippen molar-refractivity contribution in [3.05, 3.63) is 23.4 Å². The molecular formula is C9H12N2O2. The number of nitrogen functional groups attached to an aromatic ring is 1. The van der Waals surface area contributed by atoms with Gasteiger partial charge in [0, 0.05) is 12.6 Å². The molecule has 0 saturated carbocycles. The number of aliphatic carboxylic acids is 1. The summed E-state index contributed by atoms with van der Waals surface area (Å²) in [6.07, 6.45) is 2.16. The average Bonchev–Trinajstić information content (AvgIpc) is 2.03. The van der Waals surface area contributed by atoms with Crippen molar-refractivity contribution >= 4 is 11.8 Å². The van der Waals surface area contributed by atoms with Gasteiger partial charge >= 0.3 is 5.97 Å². The lowest BCUT2D eigenvalue weighted by Crippen LogP contribution is -2.03. The largest absolute Gasteiger partial charge is 0.481 e. The van der Waals surface area contributed by atoms with Crippen LogP contribution in [-0.4, -0.2) is 16.1 Å². The van der Waals surface area contributed by atoms with Crippen LogP contribution in [0.15, 0.2) is 12.3 Å². The van der Waals surface area contributed by atoms with Gasteiger partial charge in [0.05, 0.1) is 0 Å². The maximum absolute atomic E-state index is 10.3. The Bertz CT molecular complexity index is 303. The van der Waals surface area contributed by atoms with E-state index in [0.29, 0.717) is 12.2 Å². The van der Waals surface area contributed by atoms with Crippen molar-refractivity contribution in [1.82, 2.24) is 4.98 Å². The van der Waals surface area contributed by atoms with E-state index in [1.54, 1.807) is 6.20 Å². The minimum atomic E-state index is -0.817. The number of rotatable bonds is 3. The highest BCUT2D eigenvalue weighted by Crippen LogP contribution is 2.15. The third kappa shape index (κ3) is 2.43. The maximum Gasteiger partial charge on any atom is 0.303 e. The number of aryl methyl sites for hydroxylation is 1. The molecule has 0 fully saturated rings. The number of pyridine rings is 1. The molecule has 1 aromatic heterocycles. The molecule has 0 aliphatic carbocycles. The van der Waals surface area contributed by atoms with Gasteiger partial charge in [0.15, 0.2) is 0 Å². The summed E-state index contributed by atoms with van der Waals surface area (Å²) in [4.78, 5) is 14.2. The molecule has 1 heterocycles. The van der Waals surface area contributed by atoms with Crippen molar-refractivity contribution in [2.24, 2.45) is 0 Å². The minimum absolute atomic E-state index is 0.0940. The van der Waals surface area contributed by atoms with Crippen LogP contribution in [0.1, 0.15) is 17.5 Å². The van der Waals surface area contributed by atoms with Gasteiger partial charge in [-0.25, -0.2) is 4.98 Å². The fourth-order valence-electron chi connectivity index (χ4n) is 1.17. The summed E-state index contributed by atoms with van der Waals surface area (Å²) in [7, 11) is 0. The molecule has 4 nitrogen and oxygen atoms in total. The van der Waals surface area contributed by atoms with Crippen LogP contribution in [0.3, 0.4) is 0 Å². The lowest BCUT2D eigenvalue weighted by atomic mass is 10.1. The van der Waals surface area contributed by atoms with Crippen molar-refractivity contribution in [3.8, 4) is 0 Å². The predicted molar refractivity (Wildman–Crippen MR) is 49.3 cm³/mol. The van der Waals surface area contributed by atoms with Crippen LogP contribution >= 0.6 is 0 Å². The first-order valence-corrected chi connectivity index (χ1v) is 4.03. The molecule has 0 aliphatic rings. The second-order valence-electron chi connectivity index (χ2n) is 2.89. The zero-order chi connectivity index (χ0) is 9.84. The van der Waals surface area contributed by atoms with Crippen molar-refractivity contribution in [3.63, 3.8) is 0 Å². The number of carboxylic acid groups (broad SMARTS) is 1. The first-order chi connectivity index (χ1) is 6.11. The topological polar surface area (TPSA) is 76.2 Å². The van der Waals surface area contributed by atoms with Gasteiger partial charge in [-0.3, -0.25) is 4.79 Å². The summed E-state index contributed by atoms with van der Waals surface area (Å²) < 4.78 is 0. The molecular weight excluding hydrogens is 168 g/mol. The van der Waals surface area contributed by atoms with Gasteiger partial charge in [-0.1, -0.05) is 0 Å². The summed E-state index contributed by atoms with van der Waals surface area (Å²) in [6, 6.07) is 1.83. The van der Waals surface area contributed by atoms with Gasteiger partial charge < -0.3 is 10.8 Å². The lowest BCUT2D eigenvalue weighted by Gasteiger charge is -2.05. The van der Waals surface area contributed by atoms with Crippen LogP contribution < -0.4 is 5.73 Å². The Morgan fingerprint density at radius 1 is 1.69 bits per heavy atom. The molecule has 13 heavy (non-hydrogen) atoms. The molecule has 0 radical (unpaired) electrons. The Labute approximate surface area is 76.4 Å². The number of aromatic nitrogens is 1. The van der Waals surface area contributed by atoms with Gasteiger partial charge in [-0.05, 0) is 30.5 Å². The number of anilines is 1. The van der Waals surface area contributed by atoms with Crippen molar-refractivity contribution < 1.29 is 9.90 Å². The molecule has 70 valence electrons. The van der Waals surface area contributed by atoms with E-state index in [-0.39, 0.29) is 6.42 Å². The molecule has 0 aromatic carbocycles. The van der Waals surface area contributed by atoms with E-state index in [4.69, 9.17) is 10.8 Å². The maximum atomic E-state index is 10.3. The standard InChI is InChI=1S/C9H12N2O2/c1-6-4-5-11-9(10)7(6)2-3-8(12)13/h4-5H,2-3H2,1H3,(H2,10,11)(H,12,13). The Kier molecular flexibility index (Phi) is 2.84. The molecule has 0 aliphatic heterocycles. The van der Waals surface area contributed by atoms with Crippen molar-refractivity contribution in [1.29, 1.82) is 0 Å². The third-order valence-corrected chi connectivity index (χ3v) is 1.91. The third-order valence-electron chi connectivity index (χ3n) is 1.91. The molecule has 0 saturated heterocycles. The zero-order valence-electron chi connectivity index (χ0n) is 7.45. The van der Waals surface area contributed by atoms with Gasteiger partial charge in [0.25, 0.3) is 0 Å². The lowest BCUT2D eigenvalue weighted by molar-refractivity contribution is -0.136. The van der Waals surface area contributed by atoms with E-state index in [2.05, 4.69) is 4.98 Å². The van der Waals surface area contributed by atoms with Crippen molar-refractivity contribution in [2.45, 2.75) is 19.8 Å². The summed E-state index contributed by atoms with van der Waals surface area (Å²) in [5.41, 5.74) is 7.44. The van der Waals surface area contributed by atoms with Gasteiger partial charge in [0.1, 0.15) is 5.82 Å². The highest BCUT2D eigenvalue weighted by molar-refractivity contribution is 5.67. The normalized spacial score (nSPS) is 9.92. The van der Waals surface area contributed by atoms with Crippen LogP contribution in [0, 0.1) is 6.92 Å². The first kappa shape index (κ1) is 9.51. The van der Waals surface area contributed by atoms with E-state index < -0.39 is 5.97 Å². The molecule has 0 spiro atoms. The minimum Gasteiger partial charge on any atom is -0.481 e. The van der Waals surface area contributed by atoms with Gasteiger partial charge in [0.2, 0.25) is 0 Å². The second kappa shape index (κ2) is 3.89. The van der Waals surface area contributed by atoms with E-state index in [1.807, 2.05) is 13.0 Å². The number of nitrogens with zero attached hydrogens (tertiary/aromatic N) is 1. The van der Waals surface area contributed by atoms with Gasteiger partial charge in [-0.2, -0.15) is 0 Å². The van der Waals surface area contributed by atoms with Gasteiger partial charge in [-0.15, -0.1) is 0 Å². The molecule has 1 aromatic rings. The number of hydrogen-bond donors (Lipinski definition) is 2. The summed E-state index contributed by atoms with van der Waals surface area (Å²) >= 11 is 0. The van der Waals surface area contributed by atoms with Crippen LogP contribution in [0.5, 0.6) is 0 Å². The number of nitrogens with two attached hydrogens (primary N) is 1. The van der Waals surface area contributed by atoms with Crippen LogP contribution in [0.4, 0.5) is 5.82 Å². The number of carbonyl (C=O) groups is 1. The van der Waals surface area contributed by atoms with E-state index in [9.17, 15) is 4.79 Å². The Morgan fingerprint density at radius 2 is 2.38 bits per heavy atom. The van der Waals surface area contributed by atoms with Crippen LogP contribution in [0.2, 0.25) is 0 Å². The van der Waals surface area contributed by atoms with Crippen LogP contribution in [0.25, 0.3) is 0 Å². The molecule has 0 amide bonds. The zero-order valence-corrected chi connectivity index (χ0v) is 7.45. The Morgan fingerprint density at radius 3 is 2.92 bits per heavy atom. The van der Waals surface area contributed by atoms with E-state index in [0.717, 1.165) is 11.1 Å². The van der Waals surface area contributed by atoms with Crippen LogP contribution in [-0.2, 0) is 11.2 Å². The Balaban J connectivity index is 2.81. The first-order valence-electron chi connectivity index (χ1n) is 4.03. The molecule has 1 rings (SSSR count). The van der Waals surface area contributed by atoms with E-state index in [1.165, 1.54) is 0 Å². The molecule has 0 bridgehead atoms. The second-order valence-corrected chi connectivity index (χ2v) is 2.89. The highest BCUT2D eigenvalue weighted by Gasteiger charge is 2.05. The summed E-state index contributed by atoms with van der Waals surface area (Å²) in [5.74, 6) is -0.385. The predicted octanol–water partition coefficient (Wildman–Crippen LogP) is 0.989. The molecule has 0 atom stereocenters. The molecule has 4 heteroatoms. The Hall–Kier alpha value is -1.58. The monoisotopic (exact) mass is 180 g/mol. The SMILES string of the molecule is Cc1ccnc(N)c1CCC(=O)O. The average molecular weight is 180 g/mol. The summed E-state index contributed by atoms with van der Waals surface area (Å²) in [6.45, 7) is 1.90. The fourth-order valence-corrected chi connectivity index (χ4v) is 1.17. The molecule has 0 unspecified atom stereocenters. The quantitative estimate of drug-likeness (QED) is 0.727. The smallest absolute Gasteiger partial charge is 0.303 e. The summed E-state index contributed by atoms with van der Waals surface area (Å²) in [5, 5.41) is 8.50. The number of hydrogen-bond acceptors (Lipinski definition) is 3. The van der Waals surface area contributed by atoms with E-state index >= 15 is 0 Å². The fraction of sp³-hybridized carbons (Fsp3) is 0.333. The van der Waals surface area contributed by atoms with Crippen molar-refractivity contribution in [2.75, 3.05) is 5.73 Å².